The smallest absolute Gasteiger partial charge is 0.328 e. The first-order valence-corrected chi connectivity index (χ1v) is 4.86. The van der Waals surface area contributed by atoms with Gasteiger partial charge < -0.3 is 9.84 Å². The van der Waals surface area contributed by atoms with Crippen LogP contribution >= 0.6 is 0 Å². The molecule has 1 aliphatic rings. The second kappa shape index (κ2) is 3.77. The van der Waals surface area contributed by atoms with Gasteiger partial charge in [-0.15, -0.1) is 0 Å². The van der Waals surface area contributed by atoms with Crippen molar-refractivity contribution in [3.63, 3.8) is 0 Å². The van der Waals surface area contributed by atoms with Crippen LogP contribution in [-0.2, 0) is 11.2 Å². The van der Waals surface area contributed by atoms with E-state index in [2.05, 4.69) is 0 Å². The Bertz CT molecular complexity index is 421. The van der Waals surface area contributed by atoms with E-state index < -0.39 is 5.97 Å². The van der Waals surface area contributed by atoms with Crippen LogP contribution in [0.2, 0.25) is 0 Å². The van der Waals surface area contributed by atoms with Crippen LogP contribution in [0, 0.1) is 0 Å². The summed E-state index contributed by atoms with van der Waals surface area (Å²) in [7, 11) is 0. The molecule has 1 atom stereocenters. The molecule has 0 radical (unpaired) electrons. The van der Waals surface area contributed by atoms with Gasteiger partial charge in [-0.25, -0.2) is 4.79 Å². The lowest BCUT2D eigenvalue weighted by Gasteiger charge is -2.01. The Morgan fingerprint density at radius 2 is 2.40 bits per heavy atom. The molecule has 0 fully saturated rings. The molecule has 3 nitrogen and oxygen atoms in total. The van der Waals surface area contributed by atoms with Crippen LogP contribution in [0.3, 0.4) is 0 Å². The summed E-state index contributed by atoms with van der Waals surface area (Å²) < 4.78 is 5.55. The Labute approximate surface area is 88.0 Å². The highest BCUT2D eigenvalue weighted by Crippen LogP contribution is 2.29. The van der Waals surface area contributed by atoms with Crippen LogP contribution in [0.5, 0.6) is 5.75 Å². The molecule has 3 heteroatoms. The van der Waals surface area contributed by atoms with Gasteiger partial charge in [0.15, 0.2) is 0 Å². The van der Waals surface area contributed by atoms with E-state index in [4.69, 9.17) is 9.84 Å². The minimum absolute atomic E-state index is 0.221. The second-order valence-electron chi connectivity index (χ2n) is 3.67. The molecular formula is C12H12O3. The molecule has 15 heavy (non-hydrogen) atoms. The van der Waals surface area contributed by atoms with Gasteiger partial charge in [0, 0.05) is 12.5 Å². The van der Waals surface area contributed by atoms with Gasteiger partial charge in [-0.05, 0) is 36.3 Å². The lowest BCUT2D eigenvalue weighted by Crippen LogP contribution is -2.05. The minimum atomic E-state index is -0.930. The highest BCUT2D eigenvalue weighted by atomic mass is 16.5. The third kappa shape index (κ3) is 2.18. The summed E-state index contributed by atoms with van der Waals surface area (Å²) in [6.45, 7) is 2.02. The first-order valence-electron chi connectivity index (χ1n) is 4.86. The lowest BCUT2D eigenvalue weighted by atomic mass is 10.1. The zero-order valence-electron chi connectivity index (χ0n) is 8.43. The summed E-state index contributed by atoms with van der Waals surface area (Å²) in [5.41, 5.74) is 2.05. The number of ether oxygens (including phenoxy) is 1. The van der Waals surface area contributed by atoms with Crippen molar-refractivity contribution in [2.75, 3.05) is 0 Å². The number of carboxylic acids is 1. The Hall–Kier alpha value is -1.77. The maximum atomic E-state index is 10.3. The van der Waals surface area contributed by atoms with Gasteiger partial charge in [-0.2, -0.15) is 0 Å². The van der Waals surface area contributed by atoms with Crippen LogP contribution < -0.4 is 4.74 Å². The van der Waals surface area contributed by atoms with E-state index in [0.29, 0.717) is 0 Å². The first-order chi connectivity index (χ1) is 7.15. The highest BCUT2D eigenvalue weighted by molar-refractivity contribution is 5.85. The van der Waals surface area contributed by atoms with Crippen molar-refractivity contribution in [3.05, 3.63) is 35.4 Å². The van der Waals surface area contributed by atoms with E-state index in [9.17, 15) is 4.79 Å². The maximum absolute atomic E-state index is 10.3. The van der Waals surface area contributed by atoms with Crippen molar-refractivity contribution in [1.82, 2.24) is 0 Å². The number of rotatable bonds is 2. The van der Waals surface area contributed by atoms with E-state index in [-0.39, 0.29) is 6.10 Å². The third-order valence-corrected chi connectivity index (χ3v) is 2.34. The molecule has 1 N–H and O–H groups in total. The average molecular weight is 204 g/mol. The first kappa shape index (κ1) is 9.77. The van der Waals surface area contributed by atoms with Crippen molar-refractivity contribution in [1.29, 1.82) is 0 Å². The number of hydrogen-bond acceptors (Lipinski definition) is 2. The van der Waals surface area contributed by atoms with Crippen LogP contribution in [0.15, 0.2) is 24.3 Å². The van der Waals surface area contributed by atoms with E-state index >= 15 is 0 Å². The summed E-state index contributed by atoms with van der Waals surface area (Å²) in [5.74, 6) is -0.0184. The normalized spacial score (nSPS) is 18.9. The fourth-order valence-electron chi connectivity index (χ4n) is 1.71. The molecule has 1 aromatic rings. The van der Waals surface area contributed by atoms with Gasteiger partial charge in [0.2, 0.25) is 0 Å². The Kier molecular flexibility index (Phi) is 2.46. The Morgan fingerprint density at radius 1 is 1.60 bits per heavy atom. The monoisotopic (exact) mass is 204 g/mol. The topological polar surface area (TPSA) is 46.5 Å². The van der Waals surface area contributed by atoms with Gasteiger partial charge in [-0.3, -0.25) is 0 Å². The van der Waals surface area contributed by atoms with Crippen LogP contribution in [0.1, 0.15) is 18.1 Å². The number of benzene rings is 1. The summed E-state index contributed by atoms with van der Waals surface area (Å²) >= 11 is 0. The number of carbonyl (C=O) groups is 1. The van der Waals surface area contributed by atoms with Gasteiger partial charge in [0.25, 0.3) is 0 Å². The standard InChI is InChI=1S/C12H12O3/c1-8-6-10-7-9(3-5-12(13)14)2-4-11(10)15-8/h2-5,7-8H,6H2,1H3,(H,13,14)/b5-3+. The van der Waals surface area contributed by atoms with Crippen molar-refractivity contribution in [2.45, 2.75) is 19.4 Å². The predicted molar refractivity (Wildman–Crippen MR) is 56.9 cm³/mol. The maximum Gasteiger partial charge on any atom is 0.328 e. The van der Waals surface area contributed by atoms with Gasteiger partial charge in [0.1, 0.15) is 11.9 Å². The van der Waals surface area contributed by atoms with E-state index in [1.807, 2.05) is 25.1 Å². The largest absolute Gasteiger partial charge is 0.490 e. The van der Waals surface area contributed by atoms with Crippen molar-refractivity contribution in [2.24, 2.45) is 0 Å². The highest BCUT2D eigenvalue weighted by Gasteiger charge is 2.18. The quantitative estimate of drug-likeness (QED) is 0.750. The summed E-state index contributed by atoms with van der Waals surface area (Å²) in [5, 5.41) is 8.50. The average Bonchev–Trinajstić information content (AvgIpc) is 2.53. The van der Waals surface area contributed by atoms with E-state index in [0.717, 1.165) is 29.4 Å². The van der Waals surface area contributed by atoms with E-state index in [1.54, 1.807) is 6.08 Å². The third-order valence-electron chi connectivity index (χ3n) is 2.34. The molecule has 0 spiro atoms. The molecule has 0 aromatic heterocycles. The molecule has 1 aliphatic heterocycles. The molecule has 2 rings (SSSR count). The summed E-state index contributed by atoms with van der Waals surface area (Å²) in [6.07, 6.45) is 3.84. The van der Waals surface area contributed by atoms with Crippen molar-refractivity contribution < 1.29 is 14.6 Å². The fraction of sp³-hybridized carbons (Fsp3) is 0.250. The molecule has 1 aromatic carbocycles. The number of hydrogen-bond donors (Lipinski definition) is 1. The molecule has 0 amide bonds. The fourth-order valence-corrected chi connectivity index (χ4v) is 1.71. The molecule has 0 bridgehead atoms. The Balaban J connectivity index is 2.23. The minimum Gasteiger partial charge on any atom is -0.490 e. The number of aliphatic carboxylic acids is 1. The van der Waals surface area contributed by atoms with Crippen LogP contribution in [0.4, 0.5) is 0 Å². The molecule has 1 heterocycles. The molecule has 0 aliphatic carbocycles. The SMILES string of the molecule is CC1Cc2cc(/C=C/C(=O)O)ccc2O1. The predicted octanol–water partition coefficient (Wildman–Crippen LogP) is 2.11. The summed E-state index contributed by atoms with van der Waals surface area (Å²) in [6, 6.07) is 5.72. The van der Waals surface area contributed by atoms with Gasteiger partial charge in [0.05, 0.1) is 0 Å². The van der Waals surface area contributed by atoms with Crippen LogP contribution in [0.25, 0.3) is 6.08 Å². The number of fused-ring (bicyclic) bond motifs is 1. The molecule has 0 saturated heterocycles. The van der Waals surface area contributed by atoms with Gasteiger partial charge >= 0.3 is 5.97 Å². The second-order valence-corrected chi connectivity index (χ2v) is 3.67. The Morgan fingerprint density at radius 3 is 3.13 bits per heavy atom. The zero-order valence-corrected chi connectivity index (χ0v) is 8.43. The van der Waals surface area contributed by atoms with Crippen molar-refractivity contribution >= 4 is 12.0 Å². The molecular weight excluding hydrogens is 192 g/mol. The van der Waals surface area contributed by atoms with Crippen molar-refractivity contribution in [3.8, 4) is 5.75 Å². The van der Waals surface area contributed by atoms with Gasteiger partial charge in [-0.1, -0.05) is 6.07 Å². The molecule has 78 valence electrons. The van der Waals surface area contributed by atoms with Crippen LogP contribution in [-0.4, -0.2) is 17.2 Å². The number of carboxylic acid groups (broad SMARTS) is 1. The molecule has 1 unspecified atom stereocenters. The van der Waals surface area contributed by atoms with E-state index in [1.165, 1.54) is 0 Å². The summed E-state index contributed by atoms with van der Waals surface area (Å²) in [4.78, 5) is 10.3. The lowest BCUT2D eigenvalue weighted by molar-refractivity contribution is -0.131. The zero-order chi connectivity index (χ0) is 10.8. The molecule has 0 saturated carbocycles.